The molecule has 0 aliphatic carbocycles. The predicted octanol–water partition coefficient (Wildman–Crippen LogP) is 1.75. The molecular formula is C11H11N3O4. The van der Waals surface area contributed by atoms with Gasteiger partial charge in [-0.1, -0.05) is 0 Å². The van der Waals surface area contributed by atoms with Gasteiger partial charge in [-0.05, 0) is 13.0 Å². The van der Waals surface area contributed by atoms with Crippen molar-refractivity contribution in [2.24, 2.45) is 0 Å². The van der Waals surface area contributed by atoms with Crippen LogP contribution in [0.5, 0.6) is 0 Å². The van der Waals surface area contributed by atoms with Gasteiger partial charge in [-0.25, -0.2) is 9.78 Å². The van der Waals surface area contributed by atoms with Crippen molar-refractivity contribution in [2.45, 2.75) is 13.5 Å². The molecule has 1 aromatic heterocycles. The molecule has 0 unspecified atom stereocenters. The molecule has 2 rings (SSSR count). The first kappa shape index (κ1) is 12.0. The van der Waals surface area contributed by atoms with Gasteiger partial charge in [0.2, 0.25) is 0 Å². The van der Waals surface area contributed by atoms with E-state index >= 15 is 0 Å². The Morgan fingerprint density at radius 1 is 1.56 bits per heavy atom. The van der Waals surface area contributed by atoms with Crippen LogP contribution in [0.4, 0.5) is 5.69 Å². The fourth-order valence-corrected chi connectivity index (χ4v) is 1.77. The smallest absolute Gasteiger partial charge is 0.338 e. The fraction of sp³-hybridized carbons (Fsp3) is 0.273. The predicted molar refractivity (Wildman–Crippen MR) is 63.4 cm³/mol. The number of imidazole rings is 1. The van der Waals surface area contributed by atoms with Crippen LogP contribution in [0.2, 0.25) is 0 Å². The molecule has 94 valence electrons. The van der Waals surface area contributed by atoms with Crippen LogP contribution in [0.3, 0.4) is 0 Å². The zero-order valence-corrected chi connectivity index (χ0v) is 9.91. The standard InChI is InChI=1S/C11H11N3O4/c1-3-13-6-12-10-8(13)4-7(11(15)18-2)5-9(10)14(16)17/h4-6H,3H2,1-2H3. The van der Waals surface area contributed by atoms with Gasteiger partial charge in [-0.3, -0.25) is 10.1 Å². The Balaban J connectivity index is 2.77. The van der Waals surface area contributed by atoms with Crippen LogP contribution < -0.4 is 0 Å². The molecule has 7 heteroatoms. The molecule has 0 spiro atoms. The molecule has 0 atom stereocenters. The largest absolute Gasteiger partial charge is 0.465 e. The maximum absolute atomic E-state index is 11.5. The number of rotatable bonds is 3. The van der Waals surface area contributed by atoms with E-state index in [0.717, 1.165) is 0 Å². The lowest BCUT2D eigenvalue weighted by Gasteiger charge is -2.03. The number of aromatic nitrogens is 2. The lowest BCUT2D eigenvalue weighted by atomic mass is 10.1. The average molecular weight is 249 g/mol. The fourth-order valence-electron chi connectivity index (χ4n) is 1.77. The van der Waals surface area contributed by atoms with E-state index in [1.165, 1.54) is 19.5 Å². The minimum atomic E-state index is -0.608. The van der Waals surface area contributed by atoms with E-state index in [1.807, 2.05) is 6.92 Å². The Morgan fingerprint density at radius 2 is 2.28 bits per heavy atom. The van der Waals surface area contributed by atoms with Crippen molar-refractivity contribution in [1.82, 2.24) is 9.55 Å². The number of carbonyl (C=O) groups excluding carboxylic acids is 1. The third-order valence-electron chi connectivity index (χ3n) is 2.66. The molecule has 0 radical (unpaired) electrons. The number of non-ortho nitro benzene ring substituents is 1. The molecule has 2 aromatic rings. The van der Waals surface area contributed by atoms with Crippen molar-refractivity contribution in [2.75, 3.05) is 7.11 Å². The Bertz CT molecular complexity index is 632. The second kappa shape index (κ2) is 4.44. The van der Waals surface area contributed by atoms with Gasteiger partial charge in [-0.15, -0.1) is 0 Å². The van der Waals surface area contributed by atoms with Crippen LogP contribution in [-0.2, 0) is 11.3 Å². The van der Waals surface area contributed by atoms with E-state index in [0.29, 0.717) is 12.1 Å². The summed E-state index contributed by atoms with van der Waals surface area (Å²) in [5, 5.41) is 11.0. The van der Waals surface area contributed by atoms with Crippen molar-refractivity contribution < 1.29 is 14.5 Å². The second-order valence-electron chi connectivity index (χ2n) is 3.64. The zero-order valence-electron chi connectivity index (χ0n) is 9.91. The van der Waals surface area contributed by atoms with E-state index in [4.69, 9.17) is 0 Å². The number of hydrogen-bond acceptors (Lipinski definition) is 5. The zero-order chi connectivity index (χ0) is 13.3. The van der Waals surface area contributed by atoms with E-state index in [1.54, 1.807) is 10.6 Å². The molecule has 0 saturated carbocycles. The normalized spacial score (nSPS) is 10.6. The molecule has 0 N–H and O–H groups in total. The molecule has 0 aliphatic rings. The number of ether oxygens (including phenoxy) is 1. The number of nitro groups is 1. The minimum Gasteiger partial charge on any atom is -0.465 e. The van der Waals surface area contributed by atoms with Crippen LogP contribution in [0, 0.1) is 10.1 Å². The van der Waals surface area contributed by atoms with Crippen molar-refractivity contribution in [3.05, 3.63) is 34.1 Å². The number of nitrogens with zero attached hydrogens (tertiary/aromatic N) is 3. The van der Waals surface area contributed by atoms with Gasteiger partial charge in [-0.2, -0.15) is 0 Å². The first-order chi connectivity index (χ1) is 8.58. The number of aryl methyl sites for hydroxylation is 1. The first-order valence-electron chi connectivity index (χ1n) is 5.30. The SMILES string of the molecule is CCn1cnc2c([N+](=O)[O-])cc(C(=O)OC)cc21. The quantitative estimate of drug-likeness (QED) is 0.469. The number of esters is 1. The molecule has 0 bridgehead atoms. The van der Waals surface area contributed by atoms with Crippen LogP contribution in [0.15, 0.2) is 18.5 Å². The van der Waals surface area contributed by atoms with Crippen molar-refractivity contribution >= 4 is 22.7 Å². The van der Waals surface area contributed by atoms with E-state index < -0.39 is 10.9 Å². The summed E-state index contributed by atoms with van der Waals surface area (Å²) in [4.78, 5) is 25.9. The third-order valence-corrected chi connectivity index (χ3v) is 2.66. The van der Waals surface area contributed by atoms with Gasteiger partial charge in [0.05, 0.1) is 29.4 Å². The van der Waals surface area contributed by atoms with E-state index in [9.17, 15) is 14.9 Å². The topological polar surface area (TPSA) is 87.3 Å². The Kier molecular flexibility index (Phi) is 2.97. The van der Waals surface area contributed by atoms with E-state index in [2.05, 4.69) is 9.72 Å². The molecule has 0 amide bonds. The summed E-state index contributed by atoms with van der Waals surface area (Å²) >= 11 is 0. The number of methoxy groups -OCH3 is 1. The highest BCUT2D eigenvalue weighted by atomic mass is 16.6. The highest BCUT2D eigenvalue weighted by molar-refractivity contribution is 5.97. The monoisotopic (exact) mass is 249 g/mol. The van der Waals surface area contributed by atoms with Crippen LogP contribution in [-0.4, -0.2) is 27.6 Å². The van der Waals surface area contributed by atoms with Crippen molar-refractivity contribution in [3.63, 3.8) is 0 Å². The van der Waals surface area contributed by atoms with Gasteiger partial charge in [0.15, 0.2) is 5.52 Å². The minimum absolute atomic E-state index is 0.145. The van der Waals surface area contributed by atoms with Crippen molar-refractivity contribution in [1.29, 1.82) is 0 Å². The van der Waals surface area contributed by atoms with Gasteiger partial charge in [0.1, 0.15) is 0 Å². The number of fused-ring (bicyclic) bond motifs is 1. The highest BCUT2D eigenvalue weighted by Crippen LogP contribution is 2.26. The maximum Gasteiger partial charge on any atom is 0.338 e. The number of hydrogen-bond donors (Lipinski definition) is 0. The summed E-state index contributed by atoms with van der Waals surface area (Å²) in [6, 6.07) is 2.73. The summed E-state index contributed by atoms with van der Waals surface area (Å²) in [6.07, 6.45) is 1.51. The second-order valence-corrected chi connectivity index (χ2v) is 3.64. The van der Waals surface area contributed by atoms with E-state index in [-0.39, 0.29) is 16.8 Å². The first-order valence-corrected chi connectivity index (χ1v) is 5.30. The summed E-state index contributed by atoms with van der Waals surface area (Å²) in [5.41, 5.74) is 0.772. The molecule has 0 saturated heterocycles. The lowest BCUT2D eigenvalue weighted by molar-refractivity contribution is -0.383. The highest BCUT2D eigenvalue weighted by Gasteiger charge is 2.20. The number of nitro benzene ring substituents is 1. The van der Waals surface area contributed by atoms with Gasteiger partial charge in [0, 0.05) is 12.6 Å². The molecule has 1 aromatic carbocycles. The molecule has 1 heterocycles. The summed E-state index contributed by atoms with van der Waals surface area (Å²) in [7, 11) is 1.23. The van der Waals surface area contributed by atoms with Crippen LogP contribution in [0.25, 0.3) is 11.0 Å². The van der Waals surface area contributed by atoms with Crippen LogP contribution >= 0.6 is 0 Å². The molecule has 18 heavy (non-hydrogen) atoms. The molecular weight excluding hydrogens is 238 g/mol. The lowest BCUT2D eigenvalue weighted by Crippen LogP contribution is -2.03. The van der Waals surface area contributed by atoms with Gasteiger partial charge in [0.25, 0.3) is 5.69 Å². The summed E-state index contributed by atoms with van der Waals surface area (Å²) in [6.45, 7) is 2.50. The Labute approximate surface area is 102 Å². The Hall–Kier alpha value is -2.44. The van der Waals surface area contributed by atoms with Gasteiger partial charge < -0.3 is 9.30 Å². The average Bonchev–Trinajstić information content (AvgIpc) is 2.79. The summed E-state index contributed by atoms with van der Waals surface area (Å²) in [5.74, 6) is -0.608. The summed E-state index contributed by atoms with van der Waals surface area (Å²) < 4.78 is 6.31. The third kappa shape index (κ3) is 1.79. The number of benzene rings is 1. The van der Waals surface area contributed by atoms with Crippen molar-refractivity contribution in [3.8, 4) is 0 Å². The van der Waals surface area contributed by atoms with Crippen LogP contribution in [0.1, 0.15) is 17.3 Å². The molecule has 0 aliphatic heterocycles. The molecule has 0 fully saturated rings. The van der Waals surface area contributed by atoms with Gasteiger partial charge >= 0.3 is 5.97 Å². The Morgan fingerprint density at radius 3 is 2.83 bits per heavy atom. The number of carbonyl (C=O) groups is 1. The molecule has 7 nitrogen and oxygen atoms in total. The maximum atomic E-state index is 11.5.